The standard InChI is InChI=1S/C11H22O2/c1-3-5-7-10-11(13-10)9-12-8-6-4-2/h10-11H,3-9H2,1-2H3. The number of hydrogen-bond donors (Lipinski definition) is 0. The number of hydrogen-bond acceptors (Lipinski definition) is 2. The van der Waals surface area contributed by atoms with Crippen molar-refractivity contribution in [1.29, 1.82) is 0 Å². The van der Waals surface area contributed by atoms with Gasteiger partial charge in [-0.25, -0.2) is 0 Å². The molecule has 0 bridgehead atoms. The minimum Gasteiger partial charge on any atom is -0.379 e. The molecule has 1 heterocycles. The van der Waals surface area contributed by atoms with Gasteiger partial charge < -0.3 is 9.47 Å². The average molecular weight is 186 g/mol. The predicted octanol–water partition coefficient (Wildman–Crippen LogP) is 2.76. The van der Waals surface area contributed by atoms with E-state index in [-0.39, 0.29) is 0 Å². The molecule has 0 amide bonds. The van der Waals surface area contributed by atoms with E-state index in [0.29, 0.717) is 12.2 Å². The van der Waals surface area contributed by atoms with E-state index in [1.807, 2.05) is 0 Å². The summed E-state index contributed by atoms with van der Waals surface area (Å²) in [5.74, 6) is 0. The second kappa shape index (κ2) is 6.39. The summed E-state index contributed by atoms with van der Waals surface area (Å²) in [5, 5.41) is 0. The molecule has 1 rings (SSSR count). The first kappa shape index (κ1) is 11.0. The van der Waals surface area contributed by atoms with Crippen LogP contribution in [-0.4, -0.2) is 25.4 Å². The van der Waals surface area contributed by atoms with E-state index in [1.54, 1.807) is 0 Å². The maximum Gasteiger partial charge on any atom is 0.107 e. The molecule has 0 radical (unpaired) electrons. The van der Waals surface area contributed by atoms with Crippen molar-refractivity contribution < 1.29 is 9.47 Å². The van der Waals surface area contributed by atoms with Crippen LogP contribution >= 0.6 is 0 Å². The quantitative estimate of drug-likeness (QED) is 0.429. The largest absolute Gasteiger partial charge is 0.379 e. The van der Waals surface area contributed by atoms with Crippen LogP contribution in [0.1, 0.15) is 46.0 Å². The second-order valence-electron chi connectivity index (χ2n) is 3.78. The van der Waals surface area contributed by atoms with E-state index in [9.17, 15) is 0 Å². The van der Waals surface area contributed by atoms with E-state index in [0.717, 1.165) is 13.2 Å². The maximum absolute atomic E-state index is 5.48. The Bertz CT molecular complexity index is 125. The summed E-state index contributed by atoms with van der Waals surface area (Å²) in [7, 11) is 0. The first-order valence-electron chi connectivity index (χ1n) is 5.61. The fourth-order valence-corrected chi connectivity index (χ4v) is 1.43. The highest BCUT2D eigenvalue weighted by atomic mass is 16.6. The van der Waals surface area contributed by atoms with Crippen LogP contribution in [0.5, 0.6) is 0 Å². The van der Waals surface area contributed by atoms with Crippen molar-refractivity contribution in [1.82, 2.24) is 0 Å². The monoisotopic (exact) mass is 186 g/mol. The summed E-state index contributed by atoms with van der Waals surface area (Å²) in [6.07, 6.45) is 7.10. The zero-order valence-electron chi connectivity index (χ0n) is 8.92. The lowest BCUT2D eigenvalue weighted by Crippen LogP contribution is -2.05. The number of unbranched alkanes of at least 4 members (excludes halogenated alkanes) is 2. The Kier molecular flexibility index (Phi) is 5.40. The molecule has 1 fully saturated rings. The molecule has 2 nitrogen and oxygen atoms in total. The van der Waals surface area contributed by atoms with E-state index in [1.165, 1.54) is 32.1 Å². The SMILES string of the molecule is CCCCOCC1OC1CCCC. The summed E-state index contributed by atoms with van der Waals surface area (Å²) >= 11 is 0. The molecule has 0 aromatic heterocycles. The van der Waals surface area contributed by atoms with Crippen LogP contribution in [0, 0.1) is 0 Å². The van der Waals surface area contributed by atoms with Crippen molar-refractivity contribution in [3.63, 3.8) is 0 Å². The Balaban J connectivity index is 1.83. The maximum atomic E-state index is 5.48. The van der Waals surface area contributed by atoms with Gasteiger partial charge in [-0.2, -0.15) is 0 Å². The van der Waals surface area contributed by atoms with Crippen molar-refractivity contribution in [2.24, 2.45) is 0 Å². The van der Waals surface area contributed by atoms with Crippen LogP contribution in [0.2, 0.25) is 0 Å². The first-order chi connectivity index (χ1) is 6.38. The molecule has 0 spiro atoms. The minimum atomic E-state index is 0.420. The van der Waals surface area contributed by atoms with E-state index in [4.69, 9.17) is 9.47 Å². The fraction of sp³-hybridized carbons (Fsp3) is 1.00. The van der Waals surface area contributed by atoms with Crippen molar-refractivity contribution in [2.45, 2.75) is 58.2 Å². The van der Waals surface area contributed by atoms with Gasteiger partial charge in [0.1, 0.15) is 6.10 Å². The molecule has 1 saturated heterocycles. The Hall–Kier alpha value is -0.0800. The molecule has 0 aliphatic carbocycles. The summed E-state index contributed by atoms with van der Waals surface area (Å²) < 4.78 is 11.0. The molecule has 1 aliphatic rings. The normalized spacial score (nSPS) is 26.3. The molecule has 0 N–H and O–H groups in total. The topological polar surface area (TPSA) is 21.8 Å². The Morgan fingerprint density at radius 1 is 1.08 bits per heavy atom. The summed E-state index contributed by atoms with van der Waals surface area (Å²) in [6.45, 7) is 6.11. The summed E-state index contributed by atoms with van der Waals surface area (Å²) in [4.78, 5) is 0. The Morgan fingerprint density at radius 3 is 2.54 bits per heavy atom. The fourth-order valence-electron chi connectivity index (χ4n) is 1.43. The molecule has 0 saturated carbocycles. The predicted molar refractivity (Wildman–Crippen MR) is 53.9 cm³/mol. The second-order valence-corrected chi connectivity index (χ2v) is 3.78. The molecule has 0 aromatic carbocycles. The molecular weight excluding hydrogens is 164 g/mol. The van der Waals surface area contributed by atoms with Gasteiger partial charge in [0.15, 0.2) is 0 Å². The van der Waals surface area contributed by atoms with Crippen LogP contribution in [0.3, 0.4) is 0 Å². The van der Waals surface area contributed by atoms with Crippen molar-refractivity contribution >= 4 is 0 Å². The van der Waals surface area contributed by atoms with Gasteiger partial charge in [-0.1, -0.05) is 33.1 Å². The van der Waals surface area contributed by atoms with Gasteiger partial charge in [0.25, 0.3) is 0 Å². The third-order valence-electron chi connectivity index (χ3n) is 2.45. The third kappa shape index (κ3) is 4.63. The molecule has 78 valence electrons. The molecule has 2 atom stereocenters. The van der Waals surface area contributed by atoms with E-state index in [2.05, 4.69) is 13.8 Å². The summed E-state index contributed by atoms with van der Waals surface area (Å²) in [5.41, 5.74) is 0. The smallest absolute Gasteiger partial charge is 0.107 e. The molecule has 1 aliphatic heterocycles. The lowest BCUT2D eigenvalue weighted by atomic mass is 10.2. The zero-order chi connectivity index (χ0) is 9.52. The van der Waals surface area contributed by atoms with Gasteiger partial charge in [0.2, 0.25) is 0 Å². The van der Waals surface area contributed by atoms with Crippen LogP contribution in [0.25, 0.3) is 0 Å². The lowest BCUT2D eigenvalue weighted by Gasteiger charge is -1.99. The van der Waals surface area contributed by atoms with Gasteiger partial charge in [-0.3, -0.25) is 0 Å². The highest BCUT2D eigenvalue weighted by molar-refractivity contribution is 4.84. The molecule has 2 unspecified atom stereocenters. The van der Waals surface area contributed by atoms with E-state index < -0.39 is 0 Å². The van der Waals surface area contributed by atoms with E-state index >= 15 is 0 Å². The number of epoxide rings is 1. The third-order valence-corrected chi connectivity index (χ3v) is 2.45. The zero-order valence-corrected chi connectivity index (χ0v) is 8.92. The number of ether oxygens (including phenoxy) is 2. The highest BCUT2D eigenvalue weighted by Gasteiger charge is 2.37. The Labute approximate surface area is 81.6 Å². The van der Waals surface area contributed by atoms with Gasteiger partial charge in [-0.15, -0.1) is 0 Å². The van der Waals surface area contributed by atoms with Crippen molar-refractivity contribution in [2.75, 3.05) is 13.2 Å². The molecule has 0 aromatic rings. The minimum absolute atomic E-state index is 0.420. The first-order valence-corrected chi connectivity index (χ1v) is 5.61. The van der Waals surface area contributed by atoms with Crippen LogP contribution < -0.4 is 0 Å². The van der Waals surface area contributed by atoms with Gasteiger partial charge in [-0.05, 0) is 12.8 Å². The van der Waals surface area contributed by atoms with Crippen LogP contribution in [-0.2, 0) is 9.47 Å². The Morgan fingerprint density at radius 2 is 1.85 bits per heavy atom. The van der Waals surface area contributed by atoms with Gasteiger partial charge in [0, 0.05) is 6.61 Å². The highest BCUT2D eigenvalue weighted by Crippen LogP contribution is 2.27. The number of rotatable bonds is 8. The molecule has 2 heteroatoms. The molecule has 13 heavy (non-hydrogen) atoms. The van der Waals surface area contributed by atoms with Crippen LogP contribution in [0.4, 0.5) is 0 Å². The van der Waals surface area contributed by atoms with Crippen molar-refractivity contribution in [3.05, 3.63) is 0 Å². The van der Waals surface area contributed by atoms with Gasteiger partial charge >= 0.3 is 0 Å². The summed E-state index contributed by atoms with van der Waals surface area (Å²) in [6, 6.07) is 0. The average Bonchev–Trinajstić information content (AvgIpc) is 2.88. The van der Waals surface area contributed by atoms with Gasteiger partial charge in [0.05, 0.1) is 12.7 Å². The van der Waals surface area contributed by atoms with Crippen LogP contribution in [0.15, 0.2) is 0 Å². The van der Waals surface area contributed by atoms with Crippen molar-refractivity contribution in [3.8, 4) is 0 Å². The lowest BCUT2D eigenvalue weighted by molar-refractivity contribution is 0.114. The molecular formula is C11H22O2.